The first-order valence-corrected chi connectivity index (χ1v) is 6.34. The Morgan fingerprint density at radius 2 is 2.10 bits per heavy atom. The van der Waals surface area contributed by atoms with Gasteiger partial charge in [-0.3, -0.25) is 0 Å². The van der Waals surface area contributed by atoms with Crippen LogP contribution in [0.3, 0.4) is 0 Å². The standard InChI is InChI=1S/C12H12ClN5O3/c1-2-21-11(19)10-15-7-17(12(20)16-10)18(14)9-5-3-8(13)4-6-9/h3-7H,2,14H2,1H3. The lowest BCUT2D eigenvalue weighted by Crippen LogP contribution is -2.45. The van der Waals surface area contributed by atoms with Gasteiger partial charge in [0.2, 0.25) is 5.82 Å². The van der Waals surface area contributed by atoms with Gasteiger partial charge in [-0.05, 0) is 31.2 Å². The van der Waals surface area contributed by atoms with Gasteiger partial charge in [-0.1, -0.05) is 11.6 Å². The van der Waals surface area contributed by atoms with Gasteiger partial charge in [-0.15, -0.1) is 0 Å². The van der Waals surface area contributed by atoms with Crippen LogP contribution in [0.15, 0.2) is 35.4 Å². The van der Waals surface area contributed by atoms with Gasteiger partial charge >= 0.3 is 11.7 Å². The topological polar surface area (TPSA) is 103 Å². The molecule has 0 aliphatic rings. The number of nitrogens with two attached hydrogens (primary N) is 1. The summed E-state index contributed by atoms with van der Waals surface area (Å²) >= 11 is 5.78. The molecular weight excluding hydrogens is 298 g/mol. The van der Waals surface area contributed by atoms with Crippen molar-refractivity contribution in [3.8, 4) is 0 Å². The van der Waals surface area contributed by atoms with Gasteiger partial charge in [0, 0.05) is 5.02 Å². The fraction of sp³-hybridized carbons (Fsp3) is 0.167. The number of ether oxygens (including phenoxy) is 1. The van der Waals surface area contributed by atoms with Crippen molar-refractivity contribution in [2.75, 3.05) is 11.7 Å². The Labute approximate surface area is 124 Å². The summed E-state index contributed by atoms with van der Waals surface area (Å²) in [7, 11) is 0. The highest BCUT2D eigenvalue weighted by molar-refractivity contribution is 6.30. The lowest BCUT2D eigenvalue weighted by atomic mass is 10.3. The molecule has 0 aliphatic heterocycles. The molecule has 1 heterocycles. The maximum absolute atomic E-state index is 11.9. The molecule has 2 N–H and O–H groups in total. The molecule has 21 heavy (non-hydrogen) atoms. The highest BCUT2D eigenvalue weighted by Gasteiger charge is 2.14. The number of aromatic nitrogens is 3. The summed E-state index contributed by atoms with van der Waals surface area (Å²) < 4.78 is 5.66. The minimum Gasteiger partial charge on any atom is -0.460 e. The number of nitrogens with zero attached hydrogens (tertiary/aromatic N) is 4. The molecular formula is C12H12ClN5O3. The van der Waals surface area contributed by atoms with E-state index >= 15 is 0 Å². The lowest BCUT2D eigenvalue weighted by molar-refractivity contribution is 0.0510. The molecule has 9 heteroatoms. The summed E-state index contributed by atoms with van der Waals surface area (Å²) in [6, 6.07) is 6.48. The second-order valence-corrected chi connectivity index (χ2v) is 4.29. The zero-order valence-electron chi connectivity index (χ0n) is 11.1. The molecule has 1 aromatic carbocycles. The minimum absolute atomic E-state index is 0.166. The normalized spacial score (nSPS) is 10.2. The number of hydrogen-bond acceptors (Lipinski definition) is 7. The minimum atomic E-state index is -0.767. The van der Waals surface area contributed by atoms with Crippen LogP contribution in [0.2, 0.25) is 5.02 Å². The van der Waals surface area contributed by atoms with Crippen LogP contribution < -0.4 is 16.7 Å². The molecule has 1 aromatic heterocycles. The van der Waals surface area contributed by atoms with E-state index in [1.165, 1.54) is 0 Å². The number of carbonyl (C=O) groups excluding carboxylic acids is 1. The number of hydrogen-bond donors (Lipinski definition) is 1. The highest BCUT2D eigenvalue weighted by atomic mass is 35.5. The van der Waals surface area contributed by atoms with Gasteiger partial charge in [-0.25, -0.2) is 25.5 Å². The number of anilines is 1. The monoisotopic (exact) mass is 309 g/mol. The van der Waals surface area contributed by atoms with Crippen molar-refractivity contribution in [1.29, 1.82) is 0 Å². The fourth-order valence-electron chi connectivity index (χ4n) is 1.49. The molecule has 0 radical (unpaired) electrons. The third-order valence-electron chi connectivity index (χ3n) is 2.47. The molecule has 2 aromatic rings. The number of rotatable bonds is 4. The predicted molar refractivity (Wildman–Crippen MR) is 75.8 cm³/mol. The van der Waals surface area contributed by atoms with Gasteiger partial charge in [0.05, 0.1) is 12.3 Å². The third-order valence-corrected chi connectivity index (χ3v) is 2.72. The first-order valence-electron chi connectivity index (χ1n) is 5.96. The third kappa shape index (κ3) is 3.36. The average molecular weight is 310 g/mol. The molecule has 0 spiro atoms. The second-order valence-electron chi connectivity index (χ2n) is 3.85. The number of esters is 1. The Morgan fingerprint density at radius 3 is 2.67 bits per heavy atom. The van der Waals surface area contributed by atoms with Crippen molar-refractivity contribution in [2.45, 2.75) is 6.92 Å². The largest absolute Gasteiger partial charge is 0.460 e. The molecule has 0 bridgehead atoms. The molecule has 0 unspecified atom stereocenters. The van der Waals surface area contributed by atoms with E-state index in [-0.39, 0.29) is 12.4 Å². The zero-order valence-corrected chi connectivity index (χ0v) is 11.8. The van der Waals surface area contributed by atoms with Crippen molar-refractivity contribution in [1.82, 2.24) is 14.6 Å². The summed E-state index contributed by atoms with van der Waals surface area (Å²) in [6.45, 7) is 1.81. The Kier molecular flexibility index (Phi) is 4.51. The van der Waals surface area contributed by atoms with Gasteiger partial charge in [0.1, 0.15) is 6.33 Å². The van der Waals surface area contributed by atoms with Crippen LogP contribution in [0, 0.1) is 0 Å². The zero-order chi connectivity index (χ0) is 15.4. The second kappa shape index (κ2) is 6.33. The molecule has 0 aliphatic carbocycles. The summed E-state index contributed by atoms with van der Waals surface area (Å²) in [6.07, 6.45) is 1.09. The van der Waals surface area contributed by atoms with E-state index in [1.807, 2.05) is 0 Å². The first kappa shape index (κ1) is 14.9. The number of hydrazine groups is 1. The molecule has 0 saturated carbocycles. The van der Waals surface area contributed by atoms with Crippen LogP contribution in [0.4, 0.5) is 5.69 Å². The maximum atomic E-state index is 11.9. The van der Waals surface area contributed by atoms with Crippen LogP contribution in [-0.2, 0) is 4.74 Å². The Balaban J connectivity index is 2.30. The van der Waals surface area contributed by atoms with Crippen molar-refractivity contribution in [3.63, 3.8) is 0 Å². The van der Waals surface area contributed by atoms with E-state index in [2.05, 4.69) is 9.97 Å². The first-order chi connectivity index (χ1) is 10.0. The highest BCUT2D eigenvalue weighted by Crippen LogP contribution is 2.15. The van der Waals surface area contributed by atoms with E-state index in [1.54, 1.807) is 31.2 Å². The van der Waals surface area contributed by atoms with Crippen LogP contribution in [0.5, 0.6) is 0 Å². The quantitative estimate of drug-likeness (QED) is 0.501. The van der Waals surface area contributed by atoms with Crippen molar-refractivity contribution < 1.29 is 9.53 Å². The van der Waals surface area contributed by atoms with Gasteiger partial charge in [-0.2, -0.15) is 9.66 Å². The number of carbonyl (C=O) groups is 1. The molecule has 2 rings (SSSR count). The fourth-order valence-corrected chi connectivity index (χ4v) is 1.62. The van der Waals surface area contributed by atoms with Crippen molar-refractivity contribution >= 4 is 23.3 Å². The van der Waals surface area contributed by atoms with E-state index in [4.69, 9.17) is 22.2 Å². The molecule has 0 saturated heterocycles. The molecule has 0 amide bonds. The number of benzene rings is 1. The SMILES string of the molecule is CCOC(=O)c1ncn(N(N)c2ccc(Cl)cc2)c(=O)n1. The predicted octanol–water partition coefficient (Wildman–Crippen LogP) is 0.612. The summed E-state index contributed by atoms with van der Waals surface area (Å²) in [5.74, 6) is 4.73. The summed E-state index contributed by atoms with van der Waals surface area (Å²) in [5, 5.41) is 1.57. The van der Waals surface area contributed by atoms with Gasteiger partial charge in [0.15, 0.2) is 0 Å². The Morgan fingerprint density at radius 1 is 1.43 bits per heavy atom. The summed E-state index contributed by atoms with van der Waals surface area (Å²) in [4.78, 5) is 30.6. The van der Waals surface area contributed by atoms with Gasteiger partial charge in [0.25, 0.3) is 0 Å². The molecule has 8 nitrogen and oxygen atoms in total. The van der Waals surface area contributed by atoms with E-state index in [9.17, 15) is 9.59 Å². The maximum Gasteiger partial charge on any atom is 0.376 e. The number of halogens is 1. The van der Waals surface area contributed by atoms with Crippen LogP contribution in [0.1, 0.15) is 17.5 Å². The van der Waals surface area contributed by atoms with Gasteiger partial charge < -0.3 is 4.74 Å². The Bertz CT molecular complexity index is 701. The van der Waals surface area contributed by atoms with E-state index in [0.717, 1.165) is 16.1 Å². The lowest BCUT2D eigenvalue weighted by Gasteiger charge is -2.19. The van der Waals surface area contributed by atoms with Crippen molar-refractivity contribution in [2.24, 2.45) is 5.84 Å². The Hall–Kier alpha value is -2.45. The van der Waals surface area contributed by atoms with Crippen LogP contribution in [-0.4, -0.2) is 27.2 Å². The van der Waals surface area contributed by atoms with E-state index in [0.29, 0.717) is 10.7 Å². The smallest absolute Gasteiger partial charge is 0.376 e. The molecule has 110 valence electrons. The summed E-state index contributed by atoms with van der Waals surface area (Å²) in [5.41, 5.74) is -0.264. The average Bonchev–Trinajstić information content (AvgIpc) is 2.47. The van der Waals surface area contributed by atoms with Crippen LogP contribution >= 0.6 is 11.6 Å². The van der Waals surface area contributed by atoms with E-state index < -0.39 is 11.7 Å². The van der Waals surface area contributed by atoms with Crippen LogP contribution in [0.25, 0.3) is 0 Å². The molecule has 0 fully saturated rings. The van der Waals surface area contributed by atoms with Crippen molar-refractivity contribution in [3.05, 3.63) is 51.9 Å². The molecule has 0 atom stereocenters.